The number of anilines is 2. The van der Waals surface area contributed by atoms with Crippen LogP contribution in [0.25, 0.3) is 10.6 Å². The lowest BCUT2D eigenvalue weighted by Gasteiger charge is -2.34. The third kappa shape index (κ3) is 4.94. The van der Waals surface area contributed by atoms with E-state index in [4.69, 9.17) is 4.98 Å². The van der Waals surface area contributed by atoms with Crippen LogP contribution in [0.15, 0.2) is 30.5 Å². The molecule has 9 heteroatoms. The van der Waals surface area contributed by atoms with Crippen molar-refractivity contribution in [3.63, 3.8) is 0 Å². The normalized spacial score (nSPS) is 14.6. The monoisotopic (exact) mass is 497 g/mol. The molecular weight excluding hydrogens is 465 g/mol. The number of aryl methyl sites for hydroxylation is 2. The second-order valence-electron chi connectivity index (χ2n) is 9.34. The minimum Gasteiger partial charge on any atom is -0.395 e. The summed E-state index contributed by atoms with van der Waals surface area (Å²) in [7, 11) is 0. The molecular formula is C26H32FN5O2S. The van der Waals surface area contributed by atoms with Crippen molar-refractivity contribution in [2.45, 2.75) is 40.2 Å². The zero-order valence-electron chi connectivity index (χ0n) is 20.9. The molecule has 0 atom stereocenters. The smallest absolute Gasteiger partial charge is 0.255 e. The molecule has 2 aromatic heterocycles. The predicted molar refractivity (Wildman–Crippen MR) is 138 cm³/mol. The van der Waals surface area contributed by atoms with Crippen LogP contribution in [-0.2, 0) is 5.54 Å². The van der Waals surface area contributed by atoms with E-state index in [0.29, 0.717) is 19.0 Å². The molecule has 186 valence electrons. The van der Waals surface area contributed by atoms with Crippen molar-refractivity contribution in [3.8, 4) is 10.6 Å². The van der Waals surface area contributed by atoms with Crippen molar-refractivity contribution in [1.29, 1.82) is 0 Å². The minimum atomic E-state index is -0.429. The number of hydrogen-bond acceptors (Lipinski definition) is 7. The van der Waals surface area contributed by atoms with Gasteiger partial charge in [0.2, 0.25) is 5.95 Å². The van der Waals surface area contributed by atoms with Crippen molar-refractivity contribution >= 4 is 28.9 Å². The van der Waals surface area contributed by atoms with E-state index < -0.39 is 5.54 Å². The van der Waals surface area contributed by atoms with Crippen LogP contribution in [0.4, 0.5) is 16.0 Å². The lowest BCUT2D eigenvalue weighted by Crippen LogP contribution is -2.44. The number of nitrogens with zero attached hydrogens (tertiary/aromatic N) is 4. The van der Waals surface area contributed by atoms with Gasteiger partial charge in [-0.3, -0.25) is 9.69 Å². The maximum absolute atomic E-state index is 13.5. The Hall–Kier alpha value is -2.88. The van der Waals surface area contributed by atoms with Crippen LogP contribution >= 0.6 is 11.3 Å². The van der Waals surface area contributed by atoms with Gasteiger partial charge in [-0.2, -0.15) is 0 Å². The summed E-state index contributed by atoms with van der Waals surface area (Å²) < 4.78 is 13.5. The predicted octanol–water partition coefficient (Wildman–Crippen LogP) is 4.71. The number of aliphatic hydroxyl groups is 1. The molecule has 0 bridgehead atoms. The molecule has 35 heavy (non-hydrogen) atoms. The van der Waals surface area contributed by atoms with Gasteiger partial charge in [-0.05, 0) is 69.6 Å². The number of rotatable bonds is 9. The second kappa shape index (κ2) is 10.0. The van der Waals surface area contributed by atoms with Crippen LogP contribution in [0.3, 0.4) is 0 Å². The number of carbonyl (C=O) groups excluding carboxylic acids is 1. The number of halogens is 1. The van der Waals surface area contributed by atoms with Gasteiger partial charge in [-0.25, -0.2) is 14.4 Å². The van der Waals surface area contributed by atoms with Crippen LogP contribution in [0.5, 0.6) is 0 Å². The molecule has 7 nitrogen and oxygen atoms in total. The summed E-state index contributed by atoms with van der Waals surface area (Å²) >= 11 is 1.59. The summed E-state index contributed by atoms with van der Waals surface area (Å²) in [5.74, 6) is 0.160. The number of likely N-dealkylation sites (N-methyl/N-ethyl adjacent to an activating group) is 1. The highest BCUT2D eigenvalue weighted by molar-refractivity contribution is 7.16. The highest BCUT2D eigenvalue weighted by Gasteiger charge is 2.44. The Morgan fingerprint density at radius 3 is 2.63 bits per heavy atom. The van der Waals surface area contributed by atoms with Gasteiger partial charge in [0, 0.05) is 36.4 Å². The number of aromatic nitrogens is 2. The Labute approximate surface area is 209 Å². The number of nitrogens with one attached hydrogen (secondary N) is 1. The number of hydrogen-bond donors (Lipinski definition) is 2. The first-order valence-electron chi connectivity index (χ1n) is 11.8. The van der Waals surface area contributed by atoms with Gasteiger partial charge in [0.05, 0.1) is 28.3 Å². The van der Waals surface area contributed by atoms with Crippen LogP contribution in [-0.4, -0.2) is 63.6 Å². The molecule has 1 amide bonds. The van der Waals surface area contributed by atoms with Gasteiger partial charge in [0.15, 0.2) is 0 Å². The molecule has 1 aliphatic rings. The van der Waals surface area contributed by atoms with Crippen LogP contribution in [0.1, 0.15) is 47.1 Å². The van der Waals surface area contributed by atoms with Gasteiger partial charge >= 0.3 is 0 Å². The third-order valence-corrected chi connectivity index (χ3v) is 8.04. The molecule has 0 radical (unpaired) electrons. The minimum absolute atomic E-state index is 0.0274. The van der Waals surface area contributed by atoms with E-state index in [1.165, 1.54) is 12.1 Å². The van der Waals surface area contributed by atoms with Crippen molar-refractivity contribution in [2.75, 3.05) is 38.1 Å². The van der Waals surface area contributed by atoms with Crippen molar-refractivity contribution in [3.05, 3.63) is 57.8 Å². The quantitative estimate of drug-likeness (QED) is 0.446. The molecule has 0 saturated heterocycles. The first kappa shape index (κ1) is 25.2. The van der Waals surface area contributed by atoms with Crippen LogP contribution in [0.2, 0.25) is 0 Å². The SMILES string of the molecule is CCN(CCO)CCN1C(=O)c2cc(-c3nc(Nc4ccc(F)cc4C)ncc3C)sc2C1(C)C. The standard InChI is InChI=1S/C26H32FN5O2S/c1-6-31(11-12-33)9-10-32-24(34)19-14-21(35-23(19)26(32,4)5)22-17(3)15-28-25(30-22)29-20-8-7-18(27)13-16(20)2/h7-8,13-15,33H,6,9-12H2,1-5H3,(H,28,29,30). The van der Waals surface area contributed by atoms with Crippen molar-refractivity contribution in [2.24, 2.45) is 0 Å². The molecule has 3 aromatic rings. The molecule has 4 rings (SSSR count). The highest BCUT2D eigenvalue weighted by atomic mass is 32.1. The highest BCUT2D eigenvalue weighted by Crippen LogP contribution is 2.46. The largest absolute Gasteiger partial charge is 0.395 e. The van der Waals surface area contributed by atoms with Gasteiger partial charge in [0.1, 0.15) is 5.82 Å². The molecule has 0 saturated carbocycles. The Balaban J connectivity index is 1.59. The van der Waals surface area contributed by atoms with Crippen molar-refractivity contribution in [1.82, 2.24) is 19.8 Å². The van der Waals surface area contributed by atoms with E-state index in [-0.39, 0.29) is 18.3 Å². The van der Waals surface area contributed by atoms with E-state index >= 15 is 0 Å². The maximum Gasteiger partial charge on any atom is 0.255 e. The number of benzene rings is 1. The molecule has 0 aliphatic carbocycles. The fourth-order valence-electron chi connectivity index (χ4n) is 4.47. The first-order chi connectivity index (χ1) is 16.6. The van der Waals surface area contributed by atoms with Gasteiger partial charge in [-0.1, -0.05) is 6.92 Å². The summed E-state index contributed by atoms with van der Waals surface area (Å²) in [6, 6.07) is 6.47. The fourth-order valence-corrected chi connectivity index (χ4v) is 5.79. The molecule has 0 spiro atoms. The zero-order chi connectivity index (χ0) is 25.3. The van der Waals surface area contributed by atoms with Crippen LogP contribution < -0.4 is 5.32 Å². The van der Waals surface area contributed by atoms with E-state index in [1.807, 2.05) is 24.8 Å². The molecule has 2 N–H and O–H groups in total. The Morgan fingerprint density at radius 2 is 1.97 bits per heavy atom. The fraction of sp³-hybridized carbons (Fsp3) is 0.423. The molecule has 0 fully saturated rings. The number of thiophene rings is 1. The summed E-state index contributed by atoms with van der Waals surface area (Å²) in [5, 5.41) is 12.4. The average molecular weight is 498 g/mol. The zero-order valence-corrected chi connectivity index (χ0v) is 21.7. The van der Waals surface area contributed by atoms with E-state index in [1.54, 1.807) is 23.6 Å². The Morgan fingerprint density at radius 1 is 1.20 bits per heavy atom. The van der Waals surface area contributed by atoms with Gasteiger partial charge in [-0.15, -0.1) is 11.3 Å². The number of amides is 1. The number of fused-ring (bicyclic) bond motifs is 1. The second-order valence-corrected chi connectivity index (χ2v) is 10.4. The third-order valence-electron chi connectivity index (χ3n) is 6.58. The summed E-state index contributed by atoms with van der Waals surface area (Å²) in [6.45, 7) is 12.9. The average Bonchev–Trinajstić information content (AvgIpc) is 3.33. The van der Waals surface area contributed by atoms with Crippen molar-refractivity contribution < 1.29 is 14.3 Å². The topological polar surface area (TPSA) is 81.6 Å². The maximum atomic E-state index is 13.5. The summed E-state index contributed by atoms with van der Waals surface area (Å²) in [5.41, 5.74) is 3.49. The molecule has 0 unspecified atom stereocenters. The van der Waals surface area contributed by atoms with E-state index in [2.05, 4.69) is 36.0 Å². The lowest BCUT2D eigenvalue weighted by molar-refractivity contribution is 0.0582. The first-order valence-corrected chi connectivity index (χ1v) is 12.6. The van der Waals surface area contributed by atoms with E-state index in [0.717, 1.165) is 50.9 Å². The molecule has 3 heterocycles. The Bertz CT molecular complexity index is 1240. The lowest BCUT2D eigenvalue weighted by atomic mass is 10.0. The van der Waals surface area contributed by atoms with Gasteiger partial charge < -0.3 is 15.3 Å². The van der Waals surface area contributed by atoms with Gasteiger partial charge in [0.25, 0.3) is 5.91 Å². The summed E-state index contributed by atoms with van der Waals surface area (Å²) in [4.78, 5) is 28.5. The molecule has 1 aromatic carbocycles. The number of carbonyl (C=O) groups is 1. The number of aliphatic hydroxyl groups excluding tert-OH is 1. The van der Waals surface area contributed by atoms with E-state index in [9.17, 15) is 14.3 Å². The molecule has 1 aliphatic heterocycles. The van der Waals surface area contributed by atoms with Crippen LogP contribution in [0, 0.1) is 19.7 Å². The summed E-state index contributed by atoms with van der Waals surface area (Å²) in [6.07, 6.45) is 1.76. The Kier molecular flexibility index (Phi) is 7.21.